The molecule has 0 atom stereocenters. The van der Waals surface area contributed by atoms with Gasteiger partial charge in [-0.2, -0.15) is 0 Å². The molecule has 0 aliphatic rings. The van der Waals surface area contributed by atoms with Gasteiger partial charge in [0.2, 0.25) is 0 Å². The van der Waals surface area contributed by atoms with E-state index >= 15 is 0 Å². The van der Waals surface area contributed by atoms with Crippen molar-refractivity contribution < 1.29 is 4.42 Å². The fourth-order valence-corrected chi connectivity index (χ4v) is 9.73. The van der Waals surface area contributed by atoms with Crippen molar-refractivity contribution in [3.8, 4) is 44.5 Å². The van der Waals surface area contributed by atoms with Crippen LogP contribution in [0.3, 0.4) is 0 Å². The van der Waals surface area contributed by atoms with Crippen LogP contribution in [0.2, 0.25) is 0 Å². The zero-order valence-electron chi connectivity index (χ0n) is 34.1. The van der Waals surface area contributed by atoms with E-state index in [1.807, 2.05) is 0 Å². The van der Waals surface area contributed by atoms with Gasteiger partial charge in [0.05, 0.1) is 0 Å². The number of benzene rings is 9. The Hall–Kier alpha value is -5.92. The fourth-order valence-electron chi connectivity index (χ4n) is 9.73. The van der Waals surface area contributed by atoms with E-state index in [1.165, 1.54) is 115 Å². The average molecular weight is 717 g/mol. The van der Waals surface area contributed by atoms with E-state index in [1.54, 1.807) is 0 Å². The minimum absolute atomic E-state index is 0.918. The lowest BCUT2D eigenvalue weighted by molar-refractivity contribution is 0.672. The number of fused-ring (bicyclic) bond motifs is 7. The molecule has 9 aromatic carbocycles. The summed E-state index contributed by atoms with van der Waals surface area (Å²) >= 11 is 0. The van der Waals surface area contributed by atoms with Crippen LogP contribution in [0.4, 0.5) is 0 Å². The zero-order valence-corrected chi connectivity index (χ0v) is 34.1. The molecule has 9 heteroatoms. The lowest BCUT2D eigenvalue weighted by Gasteiger charge is -2.28. The van der Waals surface area contributed by atoms with Crippen molar-refractivity contribution >= 4 is 161 Å². The molecule has 0 saturated heterocycles. The summed E-state index contributed by atoms with van der Waals surface area (Å²) < 4.78 is 6.66. The standard InChI is InChI=1S/C48H38B8O/c49-40-36-34(26-16-18-33-32(22-26)31-17-15-25-13-7-8-14-30(25)48(31)57-33)37-39(43(52)47(56)45(54)41(37)50)35(38(36)42(51)46(55)44(40)53)29-20-27(23-9-3-1-4-10-23)19-28(21-29)24-11-5-2-6-12-24/h1-22H,49-56H2. The third-order valence-electron chi connectivity index (χ3n) is 13.5. The second-order valence-corrected chi connectivity index (χ2v) is 16.3. The van der Waals surface area contributed by atoms with E-state index in [0.717, 1.165) is 27.3 Å². The summed E-state index contributed by atoms with van der Waals surface area (Å²) in [7, 11) is 18.6. The Kier molecular flexibility index (Phi) is 8.31. The molecule has 0 N–H and O–H groups in total. The minimum Gasteiger partial charge on any atom is -0.455 e. The molecule has 1 nitrogen and oxygen atoms in total. The maximum absolute atomic E-state index is 6.66. The molecule has 0 saturated carbocycles. The Morgan fingerprint density at radius 1 is 0.298 bits per heavy atom. The monoisotopic (exact) mass is 718 g/mol. The molecule has 10 aromatic rings. The Bertz CT molecular complexity index is 3180. The van der Waals surface area contributed by atoms with Gasteiger partial charge in [-0.15, -0.1) is 21.9 Å². The number of rotatable bonds is 4. The largest absolute Gasteiger partial charge is 0.455 e. The SMILES string of the molecule is Bc1c(B)c(B)c2c(-c3ccc4oc5c6ccccc6ccc5c4c3)c3c(B)c(B)c(B)c(B)c3c(-c3cc(-c4ccccc4)cc(-c4ccccc4)c3)c2c1B. The number of hydrogen-bond donors (Lipinski definition) is 0. The number of furan rings is 1. The topological polar surface area (TPSA) is 13.1 Å². The van der Waals surface area contributed by atoms with E-state index in [4.69, 9.17) is 4.42 Å². The Morgan fingerprint density at radius 2 is 0.754 bits per heavy atom. The van der Waals surface area contributed by atoms with Crippen molar-refractivity contribution in [1.82, 2.24) is 0 Å². The van der Waals surface area contributed by atoms with Crippen LogP contribution in [0, 0.1) is 0 Å². The van der Waals surface area contributed by atoms with E-state index in [0.29, 0.717) is 0 Å². The van der Waals surface area contributed by atoms with Crippen LogP contribution in [0.25, 0.3) is 98.8 Å². The highest BCUT2D eigenvalue weighted by molar-refractivity contribution is 6.71. The van der Waals surface area contributed by atoms with Crippen molar-refractivity contribution in [3.63, 3.8) is 0 Å². The smallest absolute Gasteiger partial charge is 0.143 e. The van der Waals surface area contributed by atoms with Gasteiger partial charge in [0.1, 0.15) is 73.9 Å². The summed E-state index contributed by atoms with van der Waals surface area (Å²) in [5.74, 6) is 0. The van der Waals surface area contributed by atoms with Gasteiger partial charge in [0, 0.05) is 16.2 Å². The first-order valence-electron chi connectivity index (χ1n) is 20.2. The molecule has 1 aromatic heterocycles. The van der Waals surface area contributed by atoms with Gasteiger partial charge in [-0.1, -0.05) is 119 Å². The normalized spacial score (nSPS) is 11.7. The van der Waals surface area contributed by atoms with Gasteiger partial charge in [0.15, 0.2) is 0 Å². The average Bonchev–Trinajstić information content (AvgIpc) is 3.64. The molecule has 0 amide bonds. The van der Waals surface area contributed by atoms with E-state index in [2.05, 4.69) is 196 Å². The molecule has 0 spiro atoms. The van der Waals surface area contributed by atoms with E-state index in [9.17, 15) is 0 Å². The summed E-state index contributed by atoms with van der Waals surface area (Å²) in [4.78, 5) is 0. The van der Waals surface area contributed by atoms with E-state index in [-0.39, 0.29) is 0 Å². The second kappa shape index (κ2) is 13.3. The molecule has 0 unspecified atom stereocenters. The minimum atomic E-state index is 0.918. The predicted octanol–water partition coefficient (Wildman–Crippen LogP) is -0.219. The summed E-state index contributed by atoms with van der Waals surface area (Å²) in [6.45, 7) is 0. The molecule has 0 fully saturated rings. The highest BCUT2D eigenvalue weighted by atomic mass is 16.3. The highest BCUT2D eigenvalue weighted by Crippen LogP contribution is 2.44. The third kappa shape index (κ3) is 5.35. The molecule has 260 valence electrons. The molecule has 0 aliphatic heterocycles. The quantitative estimate of drug-likeness (QED) is 0.182. The Labute approximate surface area is 341 Å². The molecular formula is C48H38B8O. The predicted molar refractivity (Wildman–Crippen MR) is 273 cm³/mol. The van der Waals surface area contributed by atoms with Crippen LogP contribution >= 0.6 is 0 Å². The third-order valence-corrected chi connectivity index (χ3v) is 13.5. The maximum Gasteiger partial charge on any atom is 0.143 e. The molecule has 0 radical (unpaired) electrons. The lowest BCUT2D eigenvalue weighted by Crippen LogP contribution is -2.50. The van der Waals surface area contributed by atoms with Crippen molar-refractivity contribution in [1.29, 1.82) is 0 Å². The van der Waals surface area contributed by atoms with Crippen molar-refractivity contribution in [2.75, 3.05) is 0 Å². The van der Waals surface area contributed by atoms with Gasteiger partial charge >= 0.3 is 0 Å². The van der Waals surface area contributed by atoms with Gasteiger partial charge in [-0.3, -0.25) is 0 Å². The van der Waals surface area contributed by atoms with Gasteiger partial charge in [-0.25, -0.2) is 0 Å². The van der Waals surface area contributed by atoms with Crippen LogP contribution in [-0.4, -0.2) is 62.8 Å². The maximum atomic E-state index is 6.66. The Balaban J connectivity index is 1.40. The first kappa shape index (κ1) is 35.5. The zero-order chi connectivity index (χ0) is 39.3. The van der Waals surface area contributed by atoms with Gasteiger partial charge < -0.3 is 4.42 Å². The first-order valence-corrected chi connectivity index (χ1v) is 20.2. The van der Waals surface area contributed by atoms with Crippen LogP contribution in [0.1, 0.15) is 0 Å². The van der Waals surface area contributed by atoms with Crippen molar-refractivity contribution in [3.05, 3.63) is 133 Å². The highest BCUT2D eigenvalue weighted by Gasteiger charge is 2.26. The molecule has 1 heterocycles. The van der Waals surface area contributed by atoms with E-state index < -0.39 is 0 Å². The van der Waals surface area contributed by atoms with Crippen LogP contribution in [-0.2, 0) is 0 Å². The van der Waals surface area contributed by atoms with Crippen LogP contribution in [0.15, 0.2) is 138 Å². The van der Waals surface area contributed by atoms with Gasteiger partial charge in [0.25, 0.3) is 0 Å². The first-order chi connectivity index (χ1) is 27.6. The lowest BCUT2D eigenvalue weighted by atomic mass is 9.59. The van der Waals surface area contributed by atoms with Crippen LogP contribution < -0.4 is 43.7 Å². The van der Waals surface area contributed by atoms with Gasteiger partial charge in [-0.05, 0) is 108 Å². The summed E-state index contributed by atoms with van der Waals surface area (Å²) in [5, 5.41) is 10.0. The fraction of sp³-hybridized carbons (Fsp3) is 0. The summed E-state index contributed by atoms with van der Waals surface area (Å²) in [6, 6.07) is 48.9. The van der Waals surface area contributed by atoms with Crippen LogP contribution in [0.5, 0.6) is 0 Å². The Morgan fingerprint density at radius 3 is 1.28 bits per heavy atom. The molecule has 57 heavy (non-hydrogen) atoms. The van der Waals surface area contributed by atoms with Crippen molar-refractivity contribution in [2.45, 2.75) is 0 Å². The summed E-state index contributed by atoms with van der Waals surface area (Å²) in [6.07, 6.45) is 0. The molecule has 0 bridgehead atoms. The number of hydrogen-bond acceptors (Lipinski definition) is 1. The van der Waals surface area contributed by atoms with Crippen molar-refractivity contribution in [2.24, 2.45) is 0 Å². The molecule has 10 rings (SSSR count). The molecule has 0 aliphatic carbocycles. The molecular weight excluding hydrogens is 679 g/mol. The second-order valence-electron chi connectivity index (χ2n) is 16.3. The summed E-state index contributed by atoms with van der Waals surface area (Å²) in [5.41, 5.74) is 22.6.